The molecule has 3 heteroatoms. The molecular formula is C14H21NO2. The van der Waals surface area contributed by atoms with Crippen molar-refractivity contribution >= 4 is 5.97 Å². The highest BCUT2D eigenvalue weighted by atomic mass is 16.5. The van der Waals surface area contributed by atoms with Crippen LogP contribution in [0, 0.1) is 0 Å². The molecule has 0 spiro atoms. The van der Waals surface area contributed by atoms with Crippen molar-refractivity contribution in [1.29, 1.82) is 0 Å². The van der Waals surface area contributed by atoms with Crippen LogP contribution in [0.5, 0.6) is 0 Å². The quantitative estimate of drug-likeness (QED) is 0.795. The fourth-order valence-electron chi connectivity index (χ4n) is 1.71. The number of hydrogen-bond donors (Lipinski definition) is 1. The molecular weight excluding hydrogens is 214 g/mol. The molecule has 1 rings (SSSR count). The van der Waals surface area contributed by atoms with Gasteiger partial charge in [0.2, 0.25) is 0 Å². The molecule has 17 heavy (non-hydrogen) atoms. The molecule has 0 aliphatic rings. The van der Waals surface area contributed by atoms with E-state index in [2.05, 4.69) is 12.2 Å². The van der Waals surface area contributed by atoms with Crippen molar-refractivity contribution in [3.63, 3.8) is 0 Å². The minimum absolute atomic E-state index is 0.244. The SMILES string of the molecule is CCOC(=O)C(C)(NC)c1ccc(CC)cc1. The Morgan fingerprint density at radius 1 is 1.29 bits per heavy atom. The van der Waals surface area contributed by atoms with Crippen LogP contribution < -0.4 is 5.32 Å². The maximum atomic E-state index is 12.0. The van der Waals surface area contributed by atoms with E-state index in [0.29, 0.717) is 6.61 Å². The average molecular weight is 235 g/mol. The van der Waals surface area contributed by atoms with Gasteiger partial charge in [0.15, 0.2) is 0 Å². The van der Waals surface area contributed by atoms with E-state index in [0.717, 1.165) is 12.0 Å². The number of benzene rings is 1. The first-order chi connectivity index (χ1) is 8.08. The molecule has 0 aliphatic heterocycles. The van der Waals surface area contributed by atoms with E-state index in [1.807, 2.05) is 38.1 Å². The third kappa shape index (κ3) is 2.86. The molecule has 1 atom stereocenters. The summed E-state index contributed by atoms with van der Waals surface area (Å²) in [7, 11) is 1.77. The third-order valence-electron chi connectivity index (χ3n) is 3.12. The van der Waals surface area contributed by atoms with E-state index in [-0.39, 0.29) is 5.97 Å². The van der Waals surface area contributed by atoms with E-state index in [1.165, 1.54) is 5.56 Å². The standard InChI is InChI=1S/C14H21NO2/c1-5-11-7-9-12(10-8-11)14(3,15-4)13(16)17-6-2/h7-10,15H,5-6H2,1-4H3. The lowest BCUT2D eigenvalue weighted by Gasteiger charge is -2.27. The summed E-state index contributed by atoms with van der Waals surface area (Å²) in [6, 6.07) is 8.05. The lowest BCUT2D eigenvalue weighted by atomic mass is 9.91. The van der Waals surface area contributed by atoms with Gasteiger partial charge < -0.3 is 10.1 Å². The Kier molecular flexibility index (Phi) is 4.70. The smallest absolute Gasteiger partial charge is 0.330 e. The molecule has 0 radical (unpaired) electrons. The van der Waals surface area contributed by atoms with Crippen molar-refractivity contribution in [2.45, 2.75) is 32.7 Å². The van der Waals surface area contributed by atoms with E-state index in [1.54, 1.807) is 7.05 Å². The van der Waals surface area contributed by atoms with Gasteiger partial charge in [-0.3, -0.25) is 0 Å². The number of likely N-dealkylation sites (N-methyl/N-ethyl adjacent to an activating group) is 1. The Balaban J connectivity index is 3.02. The lowest BCUT2D eigenvalue weighted by Crippen LogP contribution is -2.45. The monoisotopic (exact) mass is 235 g/mol. The molecule has 1 N–H and O–H groups in total. The number of nitrogens with one attached hydrogen (secondary N) is 1. The van der Waals surface area contributed by atoms with Gasteiger partial charge in [0.05, 0.1) is 6.61 Å². The van der Waals surface area contributed by atoms with Crippen LogP contribution in [-0.2, 0) is 21.5 Å². The number of carbonyl (C=O) groups excluding carboxylic acids is 1. The van der Waals surface area contributed by atoms with Crippen LogP contribution in [0.25, 0.3) is 0 Å². The van der Waals surface area contributed by atoms with Gasteiger partial charge in [-0.1, -0.05) is 31.2 Å². The van der Waals surface area contributed by atoms with Gasteiger partial charge in [-0.25, -0.2) is 4.79 Å². The van der Waals surface area contributed by atoms with Crippen LogP contribution in [0.4, 0.5) is 0 Å². The number of rotatable bonds is 5. The van der Waals surface area contributed by atoms with Gasteiger partial charge in [0, 0.05) is 0 Å². The van der Waals surface area contributed by atoms with Gasteiger partial charge in [-0.15, -0.1) is 0 Å². The van der Waals surface area contributed by atoms with Crippen LogP contribution in [-0.4, -0.2) is 19.6 Å². The Labute approximate surface area is 103 Å². The summed E-state index contributed by atoms with van der Waals surface area (Å²) in [6.45, 7) is 6.15. The first-order valence-corrected chi connectivity index (χ1v) is 6.04. The Hall–Kier alpha value is -1.35. The zero-order chi connectivity index (χ0) is 12.9. The molecule has 0 aliphatic carbocycles. The fourth-order valence-corrected chi connectivity index (χ4v) is 1.71. The summed E-state index contributed by atoms with van der Waals surface area (Å²) in [5, 5.41) is 3.04. The molecule has 0 heterocycles. The number of esters is 1. The maximum absolute atomic E-state index is 12.0. The second-order valence-corrected chi connectivity index (χ2v) is 4.15. The zero-order valence-corrected chi connectivity index (χ0v) is 11.0. The van der Waals surface area contributed by atoms with Crippen LogP contribution in [0.2, 0.25) is 0 Å². The number of ether oxygens (including phenoxy) is 1. The summed E-state index contributed by atoms with van der Waals surface area (Å²) >= 11 is 0. The predicted octanol–water partition coefficient (Wildman–Crippen LogP) is 2.25. The first-order valence-electron chi connectivity index (χ1n) is 6.04. The molecule has 0 saturated carbocycles. The highest BCUT2D eigenvalue weighted by Crippen LogP contribution is 2.22. The molecule has 0 aromatic heterocycles. The Morgan fingerprint density at radius 2 is 1.88 bits per heavy atom. The lowest BCUT2D eigenvalue weighted by molar-refractivity contribution is -0.150. The van der Waals surface area contributed by atoms with E-state index in [9.17, 15) is 4.79 Å². The summed E-state index contributed by atoms with van der Waals surface area (Å²) in [5.74, 6) is -0.244. The fraction of sp³-hybridized carbons (Fsp3) is 0.500. The molecule has 0 bridgehead atoms. The summed E-state index contributed by atoms with van der Waals surface area (Å²) in [5.41, 5.74) is 1.41. The number of carbonyl (C=O) groups is 1. The van der Waals surface area contributed by atoms with Gasteiger partial charge in [0.1, 0.15) is 5.54 Å². The predicted molar refractivity (Wildman–Crippen MR) is 68.9 cm³/mol. The molecule has 3 nitrogen and oxygen atoms in total. The molecule has 1 unspecified atom stereocenters. The molecule has 0 amide bonds. The second kappa shape index (κ2) is 5.82. The van der Waals surface area contributed by atoms with Gasteiger partial charge >= 0.3 is 5.97 Å². The zero-order valence-electron chi connectivity index (χ0n) is 11.0. The van der Waals surface area contributed by atoms with E-state index < -0.39 is 5.54 Å². The van der Waals surface area contributed by atoms with Crippen LogP contribution >= 0.6 is 0 Å². The summed E-state index contributed by atoms with van der Waals surface area (Å²) in [4.78, 5) is 12.0. The highest BCUT2D eigenvalue weighted by molar-refractivity contribution is 5.82. The van der Waals surface area contributed by atoms with Gasteiger partial charge in [-0.05, 0) is 38.4 Å². The van der Waals surface area contributed by atoms with Gasteiger partial charge in [0.25, 0.3) is 0 Å². The average Bonchev–Trinajstić information content (AvgIpc) is 2.38. The molecule has 0 saturated heterocycles. The second-order valence-electron chi connectivity index (χ2n) is 4.15. The van der Waals surface area contributed by atoms with Crippen molar-refractivity contribution in [3.05, 3.63) is 35.4 Å². The Morgan fingerprint density at radius 3 is 2.29 bits per heavy atom. The topological polar surface area (TPSA) is 38.3 Å². The maximum Gasteiger partial charge on any atom is 0.330 e. The van der Waals surface area contributed by atoms with Crippen molar-refractivity contribution in [3.8, 4) is 0 Å². The van der Waals surface area contributed by atoms with Crippen molar-refractivity contribution in [2.24, 2.45) is 0 Å². The summed E-state index contributed by atoms with van der Waals surface area (Å²) < 4.78 is 5.11. The number of hydrogen-bond acceptors (Lipinski definition) is 3. The normalized spacial score (nSPS) is 14.1. The highest BCUT2D eigenvalue weighted by Gasteiger charge is 2.34. The minimum Gasteiger partial charge on any atom is -0.464 e. The Bertz CT molecular complexity index is 372. The van der Waals surface area contributed by atoms with Crippen LogP contribution in [0.15, 0.2) is 24.3 Å². The largest absolute Gasteiger partial charge is 0.464 e. The van der Waals surface area contributed by atoms with Crippen LogP contribution in [0.1, 0.15) is 31.9 Å². The van der Waals surface area contributed by atoms with Gasteiger partial charge in [-0.2, -0.15) is 0 Å². The molecule has 94 valence electrons. The van der Waals surface area contributed by atoms with E-state index >= 15 is 0 Å². The van der Waals surface area contributed by atoms with E-state index in [4.69, 9.17) is 4.74 Å². The minimum atomic E-state index is -0.776. The first kappa shape index (κ1) is 13.7. The molecule has 1 aromatic carbocycles. The third-order valence-corrected chi connectivity index (χ3v) is 3.12. The summed E-state index contributed by atoms with van der Waals surface area (Å²) in [6.07, 6.45) is 0.996. The molecule has 0 fully saturated rings. The van der Waals surface area contributed by atoms with Crippen molar-refractivity contribution < 1.29 is 9.53 Å². The number of aryl methyl sites for hydroxylation is 1. The van der Waals surface area contributed by atoms with Crippen LogP contribution in [0.3, 0.4) is 0 Å². The molecule has 1 aromatic rings. The van der Waals surface area contributed by atoms with Crippen molar-refractivity contribution in [1.82, 2.24) is 5.32 Å². The van der Waals surface area contributed by atoms with Crippen molar-refractivity contribution in [2.75, 3.05) is 13.7 Å².